The maximum absolute atomic E-state index is 11.8. The second kappa shape index (κ2) is 5.46. The van der Waals surface area contributed by atoms with Gasteiger partial charge in [0.15, 0.2) is 0 Å². The molecule has 0 saturated heterocycles. The number of rotatable bonds is 4. The predicted molar refractivity (Wildman–Crippen MR) is 68.8 cm³/mol. The normalized spacial score (nSPS) is 11.2. The minimum Gasteiger partial charge on any atom is -0.351 e. The summed E-state index contributed by atoms with van der Waals surface area (Å²) in [5.74, 6) is -0.0225. The van der Waals surface area contributed by atoms with Gasteiger partial charge in [0.25, 0.3) is 0 Å². The Balaban J connectivity index is 2.59. The van der Waals surface area contributed by atoms with Crippen molar-refractivity contribution in [3.8, 4) is 0 Å². The lowest BCUT2D eigenvalue weighted by Gasteiger charge is -2.21. The van der Waals surface area contributed by atoms with E-state index in [-0.39, 0.29) is 5.91 Å². The van der Waals surface area contributed by atoms with E-state index in [0.717, 1.165) is 10.0 Å². The van der Waals surface area contributed by atoms with E-state index in [1.807, 2.05) is 38.1 Å². The van der Waals surface area contributed by atoms with Crippen LogP contribution in [0.25, 0.3) is 0 Å². The fraction of sp³-hybridized carbons (Fsp3) is 0.417. The number of nitrogens with two attached hydrogens (primary N) is 1. The molecule has 0 saturated carbocycles. The molecule has 0 fully saturated rings. The van der Waals surface area contributed by atoms with Gasteiger partial charge in [-0.1, -0.05) is 34.1 Å². The van der Waals surface area contributed by atoms with Crippen molar-refractivity contribution in [2.45, 2.75) is 20.4 Å². The van der Waals surface area contributed by atoms with Crippen molar-refractivity contribution in [2.24, 2.45) is 11.1 Å². The Kier molecular flexibility index (Phi) is 4.50. The highest BCUT2D eigenvalue weighted by molar-refractivity contribution is 9.10. The Bertz CT molecular complexity index is 377. The van der Waals surface area contributed by atoms with Gasteiger partial charge in [0.1, 0.15) is 0 Å². The van der Waals surface area contributed by atoms with Crippen LogP contribution in [0.1, 0.15) is 19.4 Å². The highest BCUT2D eigenvalue weighted by Crippen LogP contribution is 2.17. The first-order valence-electron chi connectivity index (χ1n) is 5.19. The molecule has 0 radical (unpaired) electrons. The summed E-state index contributed by atoms with van der Waals surface area (Å²) in [6.45, 7) is 4.53. The maximum Gasteiger partial charge on any atom is 0.227 e. The van der Waals surface area contributed by atoms with Gasteiger partial charge in [-0.15, -0.1) is 0 Å². The molecule has 0 aliphatic heterocycles. The molecule has 1 rings (SSSR count). The molecule has 4 heteroatoms. The molecule has 0 aromatic heterocycles. The van der Waals surface area contributed by atoms with E-state index in [2.05, 4.69) is 21.2 Å². The van der Waals surface area contributed by atoms with Gasteiger partial charge in [0.2, 0.25) is 5.91 Å². The number of carbonyl (C=O) groups excluding carboxylic acids is 1. The topological polar surface area (TPSA) is 55.1 Å². The van der Waals surface area contributed by atoms with E-state index in [4.69, 9.17) is 5.73 Å². The third kappa shape index (κ3) is 3.32. The van der Waals surface area contributed by atoms with Crippen molar-refractivity contribution < 1.29 is 4.79 Å². The number of amides is 1. The minimum absolute atomic E-state index is 0.0225. The average Bonchev–Trinajstić information content (AvgIpc) is 2.27. The van der Waals surface area contributed by atoms with Gasteiger partial charge in [0, 0.05) is 17.6 Å². The third-order valence-electron chi connectivity index (χ3n) is 2.52. The fourth-order valence-corrected chi connectivity index (χ4v) is 1.57. The summed E-state index contributed by atoms with van der Waals surface area (Å²) >= 11 is 3.44. The number of hydrogen-bond acceptors (Lipinski definition) is 2. The van der Waals surface area contributed by atoms with E-state index < -0.39 is 5.41 Å². The monoisotopic (exact) mass is 284 g/mol. The van der Waals surface area contributed by atoms with Gasteiger partial charge in [-0.3, -0.25) is 4.79 Å². The Hall–Kier alpha value is -0.870. The zero-order chi connectivity index (χ0) is 12.2. The summed E-state index contributed by atoms with van der Waals surface area (Å²) in [4.78, 5) is 11.8. The van der Waals surface area contributed by atoms with Crippen molar-refractivity contribution in [1.82, 2.24) is 5.32 Å². The van der Waals surface area contributed by atoms with E-state index in [9.17, 15) is 4.79 Å². The summed E-state index contributed by atoms with van der Waals surface area (Å²) in [5.41, 5.74) is 6.08. The van der Waals surface area contributed by atoms with Crippen molar-refractivity contribution in [3.05, 3.63) is 34.3 Å². The van der Waals surface area contributed by atoms with Crippen LogP contribution in [-0.2, 0) is 11.3 Å². The zero-order valence-corrected chi connectivity index (χ0v) is 11.2. The second-order valence-electron chi connectivity index (χ2n) is 4.36. The minimum atomic E-state index is -0.513. The first kappa shape index (κ1) is 13.2. The maximum atomic E-state index is 11.8. The molecule has 0 atom stereocenters. The predicted octanol–water partition coefficient (Wildman–Crippen LogP) is 2.05. The molecule has 3 nitrogen and oxygen atoms in total. The van der Waals surface area contributed by atoms with Gasteiger partial charge in [-0.05, 0) is 25.5 Å². The Morgan fingerprint density at radius 2 is 2.06 bits per heavy atom. The van der Waals surface area contributed by atoms with Crippen LogP contribution in [0, 0.1) is 5.41 Å². The molecular weight excluding hydrogens is 268 g/mol. The van der Waals surface area contributed by atoms with Gasteiger partial charge >= 0.3 is 0 Å². The first-order chi connectivity index (χ1) is 7.47. The largest absolute Gasteiger partial charge is 0.351 e. The molecule has 0 heterocycles. The van der Waals surface area contributed by atoms with Gasteiger partial charge in [-0.2, -0.15) is 0 Å². The molecule has 0 spiro atoms. The quantitative estimate of drug-likeness (QED) is 0.889. The van der Waals surface area contributed by atoms with Crippen LogP contribution in [0.3, 0.4) is 0 Å². The first-order valence-corrected chi connectivity index (χ1v) is 5.98. The number of hydrogen-bond donors (Lipinski definition) is 2. The van der Waals surface area contributed by atoms with Crippen LogP contribution in [-0.4, -0.2) is 12.5 Å². The summed E-state index contributed by atoms with van der Waals surface area (Å²) in [7, 11) is 0. The molecule has 3 N–H and O–H groups in total. The van der Waals surface area contributed by atoms with E-state index in [1.165, 1.54) is 0 Å². The zero-order valence-electron chi connectivity index (χ0n) is 9.59. The van der Waals surface area contributed by atoms with Crippen molar-refractivity contribution in [2.75, 3.05) is 6.54 Å². The van der Waals surface area contributed by atoms with Crippen LogP contribution >= 0.6 is 15.9 Å². The summed E-state index contributed by atoms with van der Waals surface area (Å²) in [6.07, 6.45) is 0. The number of carbonyl (C=O) groups is 1. The van der Waals surface area contributed by atoms with Crippen molar-refractivity contribution in [1.29, 1.82) is 0 Å². The molecule has 1 aromatic rings. The van der Waals surface area contributed by atoms with E-state index in [1.54, 1.807) is 0 Å². The molecular formula is C12H17BrN2O. The average molecular weight is 285 g/mol. The van der Waals surface area contributed by atoms with Crippen molar-refractivity contribution >= 4 is 21.8 Å². The number of halogens is 1. The molecule has 0 aliphatic carbocycles. The third-order valence-corrected chi connectivity index (χ3v) is 3.30. The van der Waals surface area contributed by atoms with Crippen LogP contribution in [0.15, 0.2) is 28.7 Å². The van der Waals surface area contributed by atoms with Gasteiger partial charge in [0.05, 0.1) is 5.41 Å². The second-order valence-corrected chi connectivity index (χ2v) is 5.22. The van der Waals surface area contributed by atoms with Crippen LogP contribution in [0.5, 0.6) is 0 Å². The number of benzene rings is 1. The molecule has 16 heavy (non-hydrogen) atoms. The SMILES string of the molecule is CC(C)(CN)C(=O)NCc1ccccc1Br. The van der Waals surface area contributed by atoms with Crippen LogP contribution in [0.2, 0.25) is 0 Å². The Morgan fingerprint density at radius 3 is 2.62 bits per heavy atom. The van der Waals surface area contributed by atoms with E-state index in [0.29, 0.717) is 13.1 Å². The molecule has 1 amide bonds. The van der Waals surface area contributed by atoms with Crippen LogP contribution in [0.4, 0.5) is 0 Å². The lowest BCUT2D eigenvalue weighted by Crippen LogP contribution is -2.41. The Morgan fingerprint density at radius 1 is 1.44 bits per heavy atom. The molecule has 0 unspecified atom stereocenters. The molecule has 0 aliphatic rings. The summed E-state index contributed by atoms with van der Waals surface area (Å²) < 4.78 is 1.00. The van der Waals surface area contributed by atoms with E-state index >= 15 is 0 Å². The smallest absolute Gasteiger partial charge is 0.227 e. The van der Waals surface area contributed by atoms with Gasteiger partial charge in [-0.25, -0.2) is 0 Å². The highest BCUT2D eigenvalue weighted by Gasteiger charge is 2.25. The molecule has 1 aromatic carbocycles. The molecule has 0 bridgehead atoms. The highest BCUT2D eigenvalue weighted by atomic mass is 79.9. The standard InChI is InChI=1S/C12H17BrN2O/c1-12(2,8-14)11(16)15-7-9-5-3-4-6-10(9)13/h3-6H,7-8,14H2,1-2H3,(H,15,16). The van der Waals surface area contributed by atoms with Crippen LogP contribution < -0.4 is 11.1 Å². The Labute approximate surface area is 105 Å². The van der Waals surface area contributed by atoms with Gasteiger partial charge < -0.3 is 11.1 Å². The molecule has 88 valence electrons. The fourth-order valence-electron chi connectivity index (χ4n) is 1.15. The lowest BCUT2D eigenvalue weighted by molar-refractivity contribution is -0.129. The summed E-state index contributed by atoms with van der Waals surface area (Å²) in [6, 6.07) is 7.81. The number of nitrogens with one attached hydrogen (secondary N) is 1. The lowest BCUT2D eigenvalue weighted by atomic mass is 9.92. The van der Waals surface area contributed by atoms with Crippen molar-refractivity contribution in [3.63, 3.8) is 0 Å². The summed E-state index contributed by atoms with van der Waals surface area (Å²) in [5, 5.41) is 2.88.